The van der Waals surface area contributed by atoms with Gasteiger partial charge in [0.25, 0.3) is 0 Å². The van der Waals surface area contributed by atoms with Gasteiger partial charge in [-0.05, 0) is 43.4 Å². The molecule has 1 saturated carbocycles. The van der Waals surface area contributed by atoms with Crippen LogP contribution in [0.4, 0.5) is 0 Å². The quantitative estimate of drug-likeness (QED) is 0.852. The molecule has 3 rings (SSSR count). The fourth-order valence-corrected chi connectivity index (χ4v) is 3.01. The van der Waals surface area contributed by atoms with Crippen LogP contribution in [0.25, 0.3) is 10.9 Å². The minimum Gasteiger partial charge on any atom is -0.361 e. The third-order valence-electron chi connectivity index (χ3n) is 4.07. The molecular weight excluding hydrogens is 222 g/mol. The summed E-state index contributed by atoms with van der Waals surface area (Å²) in [5.41, 5.74) is 3.75. The third-order valence-corrected chi connectivity index (χ3v) is 4.07. The van der Waals surface area contributed by atoms with Crippen molar-refractivity contribution in [1.29, 1.82) is 0 Å². The first-order valence-electron chi connectivity index (χ1n) is 6.83. The Bertz CT molecular complexity index is 582. The van der Waals surface area contributed by atoms with Crippen LogP contribution in [0.3, 0.4) is 0 Å². The van der Waals surface area contributed by atoms with Crippen molar-refractivity contribution in [2.45, 2.75) is 39.0 Å². The van der Waals surface area contributed by atoms with Crippen LogP contribution in [0.5, 0.6) is 0 Å². The summed E-state index contributed by atoms with van der Waals surface area (Å²) in [5, 5.41) is 1.28. The second-order valence-electron chi connectivity index (χ2n) is 5.48. The molecule has 18 heavy (non-hydrogen) atoms. The molecule has 0 bridgehead atoms. The molecule has 0 radical (unpaired) electrons. The number of carbonyl (C=O) groups excluding carboxylic acids is 1. The number of nitrogens with one attached hydrogen (secondary N) is 1. The van der Waals surface area contributed by atoms with Crippen LogP contribution in [0.2, 0.25) is 0 Å². The van der Waals surface area contributed by atoms with Gasteiger partial charge in [0, 0.05) is 29.4 Å². The van der Waals surface area contributed by atoms with Crippen molar-refractivity contribution in [3.8, 4) is 0 Å². The number of aromatic nitrogens is 1. The van der Waals surface area contributed by atoms with Gasteiger partial charge in [0.2, 0.25) is 0 Å². The number of aromatic amines is 1. The summed E-state index contributed by atoms with van der Waals surface area (Å²) in [6.07, 6.45) is 7.12. The topological polar surface area (TPSA) is 32.9 Å². The highest BCUT2D eigenvalue weighted by atomic mass is 16.1. The highest BCUT2D eigenvalue weighted by Crippen LogP contribution is 2.27. The fourth-order valence-electron chi connectivity index (χ4n) is 3.01. The largest absolute Gasteiger partial charge is 0.361 e. The standard InChI is InChI=1S/C16H19NO/c1-11-6-7-14-13(10-17-15(14)8-11)9-12-4-2-3-5-16(12)18/h6-8,10,12,17H,2-5,9H2,1H3. The Morgan fingerprint density at radius 2 is 2.22 bits per heavy atom. The Morgan fingerprint density at radius 1 is 1.33 bits per heavy atom. The van der Waals surface area contributed by atoms with Crippen molar-refractivity contribution in [1.82, 2.24) is 4.98 Å². The Kier molecular flexibility index (Phi) is 2.94. The van der Waals surface area contributed by atoms with Gasteiger partial charge in [0.1, 0.15) is 5.78 Å². The molecule has 1 aromatic carbocycles. The summed E-state index contributed by atoms with van der Waals surface area (Å²) in [4.78, 5) is 15.2. The number of rotatable bonds is 2. The van der Waals surface area contributed by atoms with E-state index in [9.17, 15) is 4.79 Å². The summed E-state index contributed by atoms with van der Waals surface area (Å²) >= 11 is 0. The van der Waals surface area contributed by atoms with Gasteiger partial charge in [-0.1, -0.05) is 18.6 Å². The molecule has 2 heteroatoms. The molecule has 1 aromatic heterocycles. The lowest BCUT2D eigenvalue weighted by Gasteiger charge is -2.19. The maximum atomic E-state index is 11.9. The van der Waals surface area contributed by atoms with Crippen molar-refractivity contribution in [2.24, 2.45) is 5.92 Å². The van der Waals surface area contributed by atoms with Gasteiger partial charge in [0.05, 0.1) is 0 Å². The van der Waals surface area contributed by atoms with Crippen LogP contribution in [0.15, 0.2) is 24.4 Å². The Labute approximate surface area is 107 Å². The van der Waals surface area contributed by atoms with Crippen molar-refractivity contribution in [3.05, 3.63) is 35.5 Å². The second kappa shape index (κ2) is 4.60. The van der Waals surface area contributed by atoms with E-state index >= 15 is 0 Å². The highest BCUT2D eigenvalue weighted by Gasteiger charge is 2.23. The first-order valence-corrected chi connectivity index (χ1v) is 6.83. The Hall–Kier alpha value is -1.57. The zero-order valence-corrected chi connectivity index (χ0v) is 10.8. The molecule has 2 aromatic rings. The second-order valence-corrected chi connectivity index (χ2v) is 5.48. The molecular formula is C16H19NO. The minimum atomic E-state index is 0.249. The van der Waals surface area contributed by atoms with Gasteiger partial charge in [-0.2, -0.15) is 0 Å². The lowest BCUT2D eigenvalue weighted by molar-refractivity contribution is -0.124. The zero-order valence-electron chi connectivity index (χ0n) is 10.8. The maximum absolute atomic E-state index is 11.9. The van der Waals surface area contributed by atoms with Crippen LogP contribution in [-0.2, 0) is 11.2 Å². The van der Waals surface area contributed by atoms with E-state index in [0.717, 1.165) is 25.7 Å². The van der Waals surface area contributed by atoms with E-state index < -0.39 is 0 Å². The van der Waals surface area contributed by atoms with E-state index in [1.54, 1.807) is 0 Å². The van der Waals surface area contributed by atoms with E-state index in [2.05, 4.69) is 36.3 Å². The van der Waals surface area contributed by atoms with Crippen LogP contribution >= 0.6 is 0 Å². The van der Waals surface area contributed by atoms with E-state index in [1.807, 2.05) is 0 Å². The first-order chi connectivity index (χ1) is 8.74. The van der Waals surface area contributed by atoms with Crippen molar-refractivity contribution < 1.29 is 4.79 Å². The number of Topliss-reactive ketones (excluding diaryl/α,β-unsaturated/α-hetero) is 1. The van der Waals surface area contributed by atoms with Crippen molar-refractivity contribution in [2.75, 3.05) is 0 Å². The fraction of sp³-hybridized carbons (Fsp3) is 0.438. The number of aryl methyl sites for hydroxylation is 1. The molecule has 0 aliphatic heterocycles. The minimum absolute atomic E-state index is 0.249. The highest BCUT2D eigenvalue weighted by molar-refractivity contribution is 5.86. The van der Waals surface area contributed by atoms with E-state index in [-0.39, 0.29) is 5.92 Å². The number of hydrogen-bond donors (Lipinski definition) is 1. The lowest BCUT2D eigenvalue weighted by atomic mass is 9.84. The number of hydrogen-bond acceptors (Lipinski definition) is 1. The number of ketones is 1. The van der Waals surface area contributed by atoms with Crippen molar-refractivity contribution >= 4 is 16.7 Å². The summed E-state index contributed by atoms with van der Waals surface area (Å²) in [6, 6.07) is 6.48. The van der Waals surface area contributed by atoms with E-state index in [0.29, 0.717) is 5.78 Å². The first kappa shape index (κ1) is 11.5. The molecule has 1 aliphatic carbocycles. The van der Waals surface area contributed by atoms with Gasteiger partial charge >= 0.3 is 0 Å². The molecule has 1 N–H and O–H groups in total. The summed E-state index contributed by atoms with van der Waals surface area (Å²) < 4.78 is 0. The van der Waals surface area contributed by atoms with Crippen molar-refractivity contribution in [3.63, 3.8) is 0 Å². The SMILES string of the molecule is Cc1ccc2c(CC3CCCCC3=O)c[nH]c2c1. The van der Waals surface area contributed by atoms with Gasteiger partial charge in [-0.15, -0.1) is 0 Å². The average Bonchev–Trinajstić information content (AvgIpc) is 2.74. The van der Waals surface area contributed by atoms with Crippen LogP contribution in [0.1, 0.15) is 36.8 Å². The monoisotopic (exact) mass is 241 g/mol. The average molecular weight is 241 g/mol. The van der Waals surface area contributed by atoms with Gasteiger partial charge in [0.15, 0.2) is 0 Å². The van der Waals surface area contributed by atoms with Gasteiger partial charge in [-0.25, -0.2) is 0 Å². The number of H-pyrrole nitrogens is 1. The normalized spacial score (nSPS) is 20.5. The summed E-state index contributed by atoms with van der Waals surface area (Å²) in [7, 11) is 0. The molecule has 1 atom stereocenters. The molecule has 1 heterocycles. The molecule has 1 aliphatic rings. The predicted molar refractivity (Wildman–Crippen MR) is 73.7 cm³/mol. The molecule has 1 unspecified atom stereocenters. The lowest BCUT2D eigenvalue weighted by Crippen LogP contribution is -2.20. The van der Waals surface area contributed by atoms with E-state index in [1.165, 1.54) is 28.5 Å². The summed E-state index contributed by atoms with van der Waals surface area (Å²) in [5.74, 6) is 0.710. The molecule has 2 nitrogen and oxygen atoms in total. The molecule has 1 fully saturated rings. The third kappa shape index (κ3) is 2.07. The van der Waals surface area contributed by atoms with Crippen LogP contribution < -0.4 is 0 Å². The number of fused-ring (bicyclic) bond motifs is 1. The number of benzene rings is 1. The predicted octanol–water partition coefficient (Wildman–Crippen LogP) is 3.78. The number of carbonyl (C=O) groups is 1. The molecule has 94 valence electrons. The zero-order chi connectivity index (χ0) is 12.5. The van der Waals surface area contributed by atoms with Crippen LogP contribution in [0, 0.1) is 12.8 Å². The van der Waals surface area contributed by atoms with Gasteiger partial charge in [-0.3, -0.25) is 4.79 Å². The van der Waals surface area contributed by atoms with E-state index in [4.69, 9.17) is 0 Å². The Morgan fingerprint density at radius 3 is 3.06 bits per heavy atom. The summed E-state index contributed by atoms with van der Waals surface area (Å²) in [6.45, 7) is 2.10. The maximum Gasteiger partial charge on any atom is 0.136 e. The molecule has 0 saturated heterocycles. The molecule has 0 amide bonds. The smallest absolute Gasteiger partial charge is 0.136 e. The molecule has 0 spiro atoms. The van der Waals surface area contributed by atoms with Crippen LogP contribution in [-0.4, -0.2) is 10.8 Å². The van der Waals surface area contributed by atoms with Gasteiger partial charge < -0.3 is 4.98 Å². The Balaban J connectivity index is 1.88.